The van der Waals surface area contributed by atoms with Gasteiger partial charge in [0.15, 0.2) is 0 Å². The van der Waals surface area contributed by atoms with Crippen LogP contribution < -0.4 is 0 Å². The molecule has 1 heterocycles. The van der Waals surface area contributed by atoms with E-state index in [1.165, 1.54) is 13.0 Å². The molecule has 0 saturated carbocycles. The second-order valence-electron chi connectivity index (χ2n) is 4.09. The molecule has 1 unspecified atom stereocenters. The molecular formula is C13H10F2O4S. The molecule has 0 bridgehead atoms. The Balaban J connectivity index is 2.23. The zero-order chi connectivity index (χ0) is 14.9. The molecule has 1 N–H and O–H groups in total. The van der Waals surface area contributed by atoms with Gasteiger partial charge in [0.1, 0.15) is 17.4 Å². The highest BCUT2D eigenvalue weighted by atomic mass is 32.2. The van der Waals surface area contributed by atoms with Crippen molar-refractivity contribution in [1.82, 2.24) is 0 Å². The minimum Gasteiger partial charge on any atom is -0.475 e. The van der Waals surface area contributed by atoms with E-state index in [4.69, 9.17) is 9.52 Å². The van der Waals surface area contributed by atoms with Crippen LogP contribution in [-0.2, 0) is 16.6 Å². The van der Waals surface area contributed by atoms with Crippen molar-refractivity contribution in [2.45, 2.75) is 17.6 Å². The van der Waals surface area contributed by atoms with Crippen LogP contribution in [0.2, 0.25) is 0 Å². The molecule has 4 nitrogen and oxygen atoms in total. The summed E-state index contributed by atoms with van der Waals surface area (Å²) in [5.74, 6) is -3.15. The Kier molecular flexibility index (Phi) is 3.99. The third-order valence-electron chi connectivity index (χ3n) is 2.58. The number of hydrogen-bond donors (Lipinski definition) is 1. The summed E-state index contributed by atoms with van der Waals surface area (Å²) in [4.78, 5) is 10.7. The van der Waals surface area contributed by atoms with Gasteiger partial charge in [-0.3, -0.25) is 4.21 Å². The van der Waals surface area contributed by atoms with Gasteiger partial charge >= 0.3 is 5.97 Å². The fourth-order valence-corrected chi connectivity index (χ4v) is 2.75. The summed E-state index contributed by atoms with van der Waals surface area (Å²) < 4.78 is 43.2. The third kappa shape index (κ3) is 2.93. The number of benzene rings is 1. The Morgan fingerprint density at radius 2 is 2.05 bits per heavy atom. The number of carbonyl (C=O) groups is 1. The average Bonchev–Trinajstić information content (AvgIpc) is 2.70. The molecule has 0 saturated heterocycles. The van der Waals surface area contributed by atoms with Gasteiger partial charge in [0.05, 0.1) is 21.4 Å². The maximum Gasteiger partial charge on any atom is 0.372 e. The molecule has 0 aliphatic carbocycles. The lowest BCUT2D eigenvalue weighted by molar-refractivity contribution is 0.0659. The highest BCUT2D eigenvalue weighted by Crippen LogP contribution is 2.20. The van der Waals surface area contributed by atoms with Crippen LogP contribution in [0.1, 0.15) is 21.9 Å². The summed E-state index contributed by atoms with van der Waals surface area (Å²) in [5.41, 5.74) is 0.393. The van der Waals surface area contributed by atoms with Gasteiger partial charge in [-0.1, -0.05) is 0 Å². The maximum absolute atomic E-state index is 13.5. The first-order valence-corrected chi connectivity index (χ1v) is 6.86. The van der Waals surface area contributed by atoms with Gasteiger partial charge in [-0.05, 0) is 25.1 Å². The SMILES string of the molecule is Cc1cc(CS(=O)c2ccc(F)cc2F)oc1C(=O)O. The summed E-state index contributed by atoms with van der Waals surface area (Å²) in [6.45, 7) is 1.54. The molecule has 0 aliphatic heterocycles. The van der Waals surface area contributed by atoms with Gasteiger partial charge in [-0.2, -0.15) is 0 Å². The van der Waals surface area contributed by atoms with E-state index in [0.29, 0.717) is 11.6 Å². The zero-order valence-electron chi connectivity index (χ0n) is 10.4. The molecule has 0 fully saturated rings. The quantitative estimate of drug-likeness (QED) is 0.942. The number of furan rings is 1. The molecule has 2 rings (SSSR count). The highest BCUT2D eigenvalue weighted by Gasteiger charge is 2.18. The molecule has 0 amide bonds. The normalized spacial score (nSPS) is 12.3. The van der Waals surface area contributed by atoms with Crippen LogP contribution in [-0.4, -0.2) is 15.3 Å². The number of aryl methyl sites for hydroxylation is 1. The molecule has 7 heteroatoms. The Hall–Kier alpha value is -2.02. The highest BCUT2D eigenvalue weighted by molar-refractivity contribution is 7.84. The number of carboxylic acid groups (broad SMARTS) is 1. The van der Waals surface area contributed by atoms with Crippen molar-refractivity contribution in [3.63, 3.8) is 0 Å². The first-order chi connectivity index (χ1) is 9.38. The summed E-state index contributed by atoms with van der Waals surface area (Å²) in [6.07, 6.45) is 0. The van der Waals surface area contributed by atoms with E-state index in [9.17, 15) is 17.8 Å². The molecule has 1 atom stereocenters. The number of aromatic carboxylic acids is 1. The van der Waals surface area contributed by atoms with E-state index in [0.717, 1.165) is 12.1 Å². The molecular weight excluding hydrogens is 290 g/mol. The predicted octanol–water partition coefficient (Wildman–Crippen LogP) is 2.87. The fourth-order valence-electron chi connectivity index (χ4n) is 1.70. The lowest BCUT2D eigenvalue weighted by Crippen LogP contribution is -1.99. The van der Waals surface area contributed by atoms with Crippen LogP contribution in [0.5, 0.6) is 0 Å². The van der Waals surface area contributed by atoms with Crippen LogP contribution >= 0.6 is 0 Å². The first-order valence-electron chi connectivity index (χ1n) is 5.54. The van der Waals surface area contributed by atoms with Crippen molar-refractivity contribution in [2.24, 2.45) is 0 Å². The lowest BCUT2D eigenvalue weighted by Gasteiger charge is -2.02. The van der Waals surface area contributed by atoms with Crippen LogP contribution in [0, 0.1) is 18.6 Å². The van der Waals surface area contributed by atoms with E-state index in [1.807, 2.05) is 0 Å². The van der Waals surface area contributed by atoms with E-state index < -0.39 is 28.4 Å². The van der Waals surface area contributed by atoms with Gasteiger partial charge in [0.25, 0.3) is 0 Å². The molecule has 2 aromatic rings. The monoisotopic (exact) mass is 300 g/mol. The van der Waals surface area contributed by atoms with Crippen LogP contribution in [0.15, 0.2) is 33.6 Å². The van der Waals surface area contributed by atoms with Crippen molar-refractivity contribution in [2.75, 3.05) is 0 Å². The molecule has 1 aromatic heterocycles. The van der Waals surface area contributed by atoms with Crippen molar-refractivity contribution >= 4 is 16.8 Å². The van der Waals surface area contributed by atoms with Crippen LogP contribution in [0.25, 0.3) is 0 Å². The van der Waals surface area contributed by atoms with E-state index in [-0.39, 0.29) is 22.2 Å². The van der Waals surface area contributed by atoms with Gasteiger partial charge in [-0.15, -0.1) is 0 Å². The van der Waals surface area contributed by atoms with Gasteiger partial charge < -0.3 is 9.52 Å². The summed E-state index contributed by atoms with van der Waals surface area (Å²) >= 11 is 0. The second kappa shape index (κ2) is 5.54. The van der Waals surface area contributed by atoms with Crippen molar-refractivity contribution in [1.29, 1.82) is 0 Å². The Morgan fingerprint density at radius 3 is 2.60 bits per heavy atom. The molecule has 0 radical (unpaired) electrons. The number of carboxylic acids is 1. The van der Waals surface area contributed by atoms with Crippen molar-refractivity contribution < 1.29 is 27.3 Å². The van der Waals surface area contributed by atoms with E-state index >= 15 is 0 Å². The molecule has 1 aromatic carbocycles. The zero-order valence-corrected chi connectivity index (χ0v) is 11.2. The van der Waals surface area contributed by atoms with Gasteiger partial charge in [0, 0.05) is 11.6 Å². The van der Waals surface area contributed by atoms with Crippen LogP contribution in [0.4, 0.5) is 8.78 Å². The first kappa shape index (κ1) is 14.4. The molecule has 20 heavy (non-hydrogen) atoms. The minimum atomic E-state index is -1.79. The Bertz CT molecular complexity index is 694. The third-order valence-corrected chi connectivity index (χ3v) is 3.94. The fraction of sp³-hybridized carbons (Fsp3) is 0.154. The largest absolute Gasteiger partial charge is 0.475 e. The van der Waals surface area contributed by atoms with E-state index in [1.54, 1.807) is 0 Å². The predicted molar refractivity (Wildman–Crippen MR) is 66.9 cm³/mol. The molecule has 0 spiro atoms. The van der Waals surface area contributed by atoms with Crippen molar-refractivity contribution in [3.8, 4) is 0 Å². The van der Waals surface area contributed by atoms with Gasteiger partial charge in [-0.25, -0.2) is 13.6 Å². The molecule has 106 valence electrons. The average molecular weight is 300 g/mol. The number of rotatable bonds is 4. The summed E-state index contributed by atoms with van der Waals surface area (Å²) in [7, 11) is -1.79. The number of halogens is 2. The minimum absolute atomic E-state index is 0.155. The summed E-state index contributed by atoms with van der Waals surface area (Å²) in [6, 6.07) is 4.17. The lowest BCUT2D eigenvalue weighted by atomic mass is 10.3. The Morgan fingerprint density at radius 1 is 1.35 bits per heavy atom. The standard InChI is InChI=1S/C13H10F2O4S/c1-7-4-9(19-12(7)13(16)17)6-20(18)11-3-2-8(14)5-10(11)15/h2-5H,6H2,1H3,(H,16,17). The smallest absolute Gasteiger partial charge is 0.372 e. The summed E-state index contributed by atoms with van der Waals surface area (Å²) in [5, 5.41) is 8.83. The van der Waals surface area contributed by atoms with Crippen LogP contribution in [0.3, 0.4) is 0 Å². The van der Waals surface area contributed by atoms with E-state index in [2.05, 4.69) is 0 Å². The van der Waals surface area contributed by atoms with Crippen molar-refractivity contribution in [3.05, 3.63) is 53.0 Å². The molecule has 0 aliphatic rings. The topological polar surface area (TPSA) is 67.5 Å². The Labute approximate surface area is 115 Å². The maximum atomic E-state index is 13.5. The number of hydrogen-bond acceptors (Lipinski definition) is 3. The second-order valence-corrected chi connectivity index (χ2v) is 5.51. The van der Waals surface area contributed by atoms with Gasteiger partial charge in [0.2, 0.25) is 5.76 Å².